The summed E-state index contributed by atoms with van der Waals surface area (Å²) in [6.07, 6.45) is 11.9. The third kappa shape index (κ3) is 4.98. The van der Waals surface area contributed by atoms with E-state index < -0.39 is 11.6 Å². The van der Waals surface area contributed by atoms with Crippen LogP contribution in [0.25, 0.3) is 32.9 Å². The van der Waals surface area contributed by atoms with Gasteiger partial charge in [-0.2, -0.15) is 9.97 Å². The van der Waals surface area contributed by atoms with Gasteiger partial charge in [-0.3, -0.25) is 14.7 Å². The molecule has 4 aromatic rings. The van der Waals surface area contributed by atoms with Crippen molar-refractivity contribution in [2.24, 2.45) is 0 Å². The summed E-state index contributed by atoms with van der Waals surface area (Å²) < 4.78 is 43.2. The average Bonchev–Trinajstić information content (AvgIpc) is 3.71. The number of halogens is 2. The number of hydrogen-bond acceptors (Lipinski definition) is 9. The fraction of sp³-hybridized carbons (Fsp3) is 0.389. The maximum atomic E-state index is 16.8. The van der Waals surface area contributed by atoms with Crippen LogP contribution in [0.5, 0.6) is 6.01 Å². The normalized spacial score (nSPS) is 25.3. The molecule has 47 heavy (non-hydrogen) atoms. The molecule has 8 rings (SSSR count). The van der Waals surface area contributed by atoms with E-state index in [0.29, 0.717) is 59.2 Å². The number of ether oxygens (including phenoxy) is 2. The second-order valence-electron chi connectivity index (χ2n) is 13.2. The van der Waals surface area contributed by atoms with Gasteiger partial charge in [-0.15, -0.1) is 6.42 Å². The number of nitrogens with zero attached hydrogens (tertiary/aromatic N) is 5. The highest BCUT2D eigenvalue weighted by atomic mass is 19.1. The molecule has 4 aliphatic heterocycles. The van der Waals surface area contributed by atoms with Crippen molar-refractivity contribution in [1.29, 1.82) is 0 Å². The van der Waals surface area contributed by atoms with E-state index in [1.807, 2.05) is 6.07 Å². The van der Waals surface area contributed by atoms with Gasteiger partial charge < -0.3 is 19.7 Å². The highest BCUT2D eigenvalue weighted by molar-refractivity contribution is 6.02. The van der Waals surface area contributed by atoms with Gasteiger partial charge in [0.15, 0.2) is 5.82 Å². The molecule has 4 unspecified atom stereocenters. The minimum atomic E-state index is -0.658. The van der Waals surface area contributed by atoms with E-state index in [1.54, 1.807) is 24.4 Å². The number of nitrogens with one attached hydrogen (secondary N) is 1. The molecule has 0 amide bonds. The molecule has 2 aromatic heterocycles. The van der Waals surface area contributed by atoms with Crippen LogP contribution in [0.2, 0.25) is 0 Å². The van der Waals surface area contributed by atoms with Crippen LogP contribution < -0.4 is 15.0 Å². The standard InChI is InChI=1S/C36H34F2N6O3/c1-3-26-29(37)10-7-22-5-4-6-27(30(22)26)32-31(38)33-28(14-39-32)34(43-16-23-8-9-24(17-43)40-23)42-35(41-33)47-19-36-12-11-25(18-46-20-45)44(36)15-21(2)13-36/h1,4-7,10,14,20,23-25,40H,2,8-9,11-13,15-19H2. The number of anilines is 1. The fourth-order valence-corrected chi connectivity index (χ4v) is 8.28. The quantitative estimate of drug-likeness (QED) is 0.167. The first kappa shape index (κ1) is 29.7. The minimum Gasteiger partial charge on any atom is -0.466 e. The van der Waals surface area contributed by atoms with Crippen LogP contribution in [0, 0.1) is 24.0 Å². The molecule has 11 heteroatoms. The Kier molecular flexibility index (Phi) is 7.30. The summed E-state index contributed by atoms with van der Waals surface area (Å²) in [6.45, 7) is 7.42. The van der Waals surface area contributed by atoms with Crippen LogP contribution in [-0.2, 0) is 9.53 Å². The minimum absolute atomic E-state index is 0.0202. The van der Waals surface area contributed by atoms with E-state index in [2.05, 4.69) is 37.6 Å². The molecular formula is C36H34F2N6O3. The first-order valence-electron chi connectivity index (χ1n) is 16.0. The number of hydrogen-bond donors (Lipinski definition) is 1. The Morgan fingerprint density at radius 2 is 1.98 bits per heavy atom. The van der Waals surface area contributed by atoms with Crippen molar-refractivity contribution in [2.75, 3.05) is 37.7 Å². The Morgan fingerprint density at radius 1 is 1.15 bits per heavy atom. The van der Waals surface area contributed by atoms with Crippen LogP contribution in [0.3, 0.4) is 0 Å². The van der Waals surface area contributed by atoms with E-state index in [9.17, 15) is 9.18 Å². The molecule has 0 saturated carbocycles. The first-order chi connectivity index (χ1) is 22.9. The van der Waals surface area contributed by atoms with Crippen LogP contribution in [0.4, 0.5) is 14.6 Å². The molecule has 4 fully saturated rings. The van der Waals surface area contributed by atoms with Crippen LogP contribution >= 0.6 is 0 Å². The van der Waals surface area contributed by atoms with E-state index in [-0.39, 0.29) is 41.0 Å². The van der Waals surface area contributed by atoms with Crippen molar-refractivity contribution < 1.29 is 23.0 Å². The van der Waals surface area contributed by atoms with Gasteiger partial charge in [-0.25, -0.2) is 8.78 Å². The Hall–Kier alpha value is -4.66. The third-order valence-electron chi connectivity index (χ3n) is 10.3. The zero-order valence-corrected chi connectivity index (χ0v) is 25.8. The van der Waals surface area contributed by atoms with E-state index in [1.165, 1.54) is 6.07 Å². The lowest BCUT2D eigenvalue weighted by molar-refractivity contribution is -0.130. The van der Waals surface area contributed by atoms with Gasteiger partial charge in [0.05, 0.1) is 16.5 Å². The number of rotatable bonds is 8. The molecule has 2 aromatic carbocycles. The summed E-state index contributed by atoms with van der Waals surface area (Å²) >= 11 is 0. The predicted molar refractivity (Wildman–Crippen MR) is 174 cm³/mol. The highest BCUT2D eigenvalue weighted by Crippen LogP contribution is 2.45. The SMILES string of the molecule is C#Cc1c(F)ccc2cccc(-c3ncc4c(N5CC6CCC(C5)N6)nc(OCC56CCC(COC=O)N5CC(=C)C6)nc4c3F)c12. The summed E-state index contributed by atoms with van der Waals surface area (Å²) in [5.74, 6) is 1.80. The second-order valence-corrected chi connectivity index (χ2v) is 13.2. The maximum Gasteiger partial charge on any atom is 0.319 e. The van der Waals surface area contributed by atoms with Crippen LogP contribution in [0.1, 0.15) is 37.7 Å². The molecule has 1 N–H and O–H groups in total. The highest BCUT2D eigenvalue weighted by Gasteiger charge is 2.51. The van der Waals surface area contributed by atoms with E-state index in [4.69, 9.17) is 20.9 Å². The lowest BCUT2D eigenvalue weighted by Crippen LogP contribution is -2.51. The Labute approximate surface area is 271 Å². The van der Waals surface area contributed by atoms with Gasteiger partial charge in [-0.1, -0.05) is 42.3 Å². The summed E-state index contributed by atoms with van der Waals surface area (Å²) in [7, 11) is 0. The van der Waals surface area contributed by atoms with Crippen LogP contribution in [0.15, 0.2) is 48.7 Å². The van der Waals surface area contributed by atoms with Gasteiger partial charge >= 0.3 is 6.01 Å². The average molecular weight is 637 g/mol. The number of aromatic nitrogens is 3. The molecule has 240 valence electrons. The molecule has 6 heterocycles. The summed E-state index contributed by atoms with van der Waals surface area (Å²) in [5, 5.41) is 5.21. The fourth-order valence-electron chi connectivity index (χ4n) is 8.28. The van der Waals surface area contributed by atoms with Crippen molar-refractivity contribution in [1.82, 2.24) is 25.2 Å². The van der Waals surface area contributed by atoms with Crippen molar-refractivity contribution in [3.63, 3.8) is 0 Å². The third-order valence-corrected chi connectivity index (χ3v) is 10.3. The monoisotopic (exact) mass is 636 g/mol. The largest absolute Gasteiger partial charge is 0.466 e. The van der Waals surface area contributed by atoms with Gasteiger partial charge in [0.2, 0.25) is 0 Å². The van der Waals surface area contributed by atoms with E-state index in [0.717, 1.165) is 50.8 Å². The molecule has 4 atom stereocenters. The summed E-state index contributed by atoms with van der Waals surface area (Å²) in [6, 6.07) is 8.98. The first-order valence-corrected chi connectivity index (χ1v) is 16.0. The summed E-state index contributed by atoms with van der Waals surface area (Å²) in [5.41, 5.74) is 1.27. The van der Waals surface area contributed by atoms with Gasteiger partial charge in [-0.05, 0) is 43.6 Å². The van der Waals surface area contributed by atoms with Crippen molar-refractivity contribution in [2.45, 2.75) is 55.8 Å². The number of carbonyl (C=O) groups excluding carboxylic acids is 1. The van der Waals surface area contributed by atoms with Gasteiger partial charge in [0.1, 0.15) is 36.1 Å². The molecular weight excluding hydrogens is 602 g/mol. The van der Waals surface area contributed by atoms with Crippen molar-refractivity contribution in [3.05, 3.63) is 65.9 Å². The lowest BCUT2D eigenvalue weighted by Gasteiger charge is -2.35. The Balaban J connectivity index is 1.22. The molecule has 9 nitrogen and oxygen atoms in total. The van der Waals surface area contributed by atoms with Crippen molar-refractivity contribution in [3.8, 4) is 29.6 Å². The molecule has 0 radical (unpaired) electrons. The number of carbonyl (C=O) groups is 1. The molecule has 0 spiro atoms. The van der Waals surface area contributed by atoms with E-state index >= 15 is 4.39 Å². The summed E-state index contributed by atoms with van der Waals surface area (Å²) in [4.78, 5) is 29.5. The smallest absolute Gasteiger partial charge is 0.319 e. The predicted octanol–water partition coefficient (Wildman–Crippen LogP) is 4.76. The van der Waals surface area contributed by atoms with Gasteiger partial charge in [0, 0.05) is 54.9 Å². The number of fused-ring (bicyclic) bond motifs is 5. The Morgan fingerprint density at radius 3 is 2.77 bits per heavy atom. The number of benzene rings is 2. The van der Waals surface area contributed by atoms with Crippen molar-refractivity contribution >= 4 is 34.0 Å². The number of terminal acetylenes is 1. The Bertz CT molecular complexity index is 1970. The lowest BCUT2D eigenvalue weighted by atomic mass is 9.94. The topological polar surface area (TPSA) is 92.7 Å². The van der Waals surface area contributed by atoms with Crippen LogP contribution in [-0.4, -0.2) is 82.8 Å². The molecule has 4 aliphatic rings. The number of piperazine rings is 1. The maximum absolute atomic E-state index is 16.8. The zero-order chi connectivity index (χ0) is 32.3. The molecule has 0 aliphatic carbocycles. The zero-order valence-electron chi connectivity index (χ0n) is 25.8. The number of pyridine rings is 1. The molecule has 2 bridgehead atoms. The van der Waals surface area contributed by atoms with Gasteiger partial charge in [0.25, 0.3) is 6.47 Å². The molecule has 4 saturated heterocycles. The second kappa shape index (κ2) is 11.5.